The highest BCUT2D eigenvalue weighted by molar-refractivity contribution is 6.05. The van der Waals surface area contributed by atoms with Crippen LogP contribution in [0.5, 0.6) is 0 Å². The van der Waals surface area contributed by atoms with Crippen LogP contribution < -0.4 is 0 Å². The Kier molecular flexibility index (Phi) is 5.84. The molecule has 0 saturated carbocycles. The number of carbonyl (C=O) groups is 2. The van der Waals surface area contributed by atoms with E-state index in [0.717, 1.165) is 73.5 Å². The Balaban J connectivity index is 1.60. The molecule has 1 fully saturated rings. The highest BCUT2D eigenvalue weighted by Crippen LogP contribution is 2.29. The van der Waals surface area contributed by atoms with Crippen molar-refractivity contribution in [1.82, 2.24) is 9.88 Å². The summed E-state index contributed by atoms with van der Waals surface area (Å²) in [6, 6.07) is 8.13. The number of likely N-dealkylation sites (tertiary alicyclic amines) is 1. The number of carbonyl (C=O) groups excluding carboxylic acids is 2. The van der Waals surface area contributed by atoms with Crippen LogP contribution in [0.4, 0.5) is 0 Å². The summed E-state index contributed by atoms with van der Waals surface area (Å²) in [5.74, 6) is -0.491. The van der Waals surface area contributed by atoms with E-state index in [0.29, 0.717) is 5.56 Å². The van der Waals surface area contributed by atoms with Gasteiger partial charge in [-0.05, 0) is 70.4 Å². The summed E-state index contributed by atoms with van der Waals surface area (Å²) in [6.07, 6.45) is 8.17. The van der Waals surface area contributed by atoms with Gasteiger partial charge in [-0.25, -0.2) is 4.79 Å². The van der Waals surface area contributed by atoms with Crippen molar-refractivity contribution in [1.29, 1.82) is 0 Å². The molecule has 2 aliphatic rings. The molecule has 1 aliphatic heterocycles. The second-order valence-electron chi connectivity index (χ2n) is 8.50. The summed E-state index contributed by atoms with van der Waals surface area (Å²) in [4.78, 5) is 32.7. The summed E-state index contributed by atoms with van der Waals surface area (Å²) in [7, 11) is 0. The average molecular weight is 395 g/mol. The van der Waals surface area contributed by atoms with Crippen molar-refractivity contribution in [2.75, 3.05) is 6.61 Å². The van der Waals surface area contributed by atoms with E-state index in [1.54, 1.807) is 0 Å². The van der Waals surface area contributed by atoms with E-state index >= 15 is 0 Å². The van der Waals surface area contributed by atoms with Crippen LogP contribution in [0.15, 0.2) is 24.3 Å². The highest BCUT2D eigenvalue weighted by Gasteiger charge is 2.30. The molecule has 5 heteroatoms. The fraction of sp³-hybridized carbons (Fsp3) is 0.542. The number of nitrogens with zero attached hydrogens (tertiary/aromatic N) is 2. The van der Waals surface area contributed by atoms with Crippen LogP contribution in [0.25, 0.3) is 10.9 Å². The lowest BCUT2D eigenvalue weighted by molar-refractivity contribution is -0.140. The van der Waals surface area contributed by atoms with Gasteiger partial charge in [0, 0.05) is 23.2 Å². The second kappa shape index (κ2) is 8.52. The van der Waals surface area contributed by atoms with E-state index in [2.05, 4.69) is 13.8 Å². The molecule has 1 saturated heterocycles. The minimum Gasteiger partial charge on any atom is -0.452 e. The van der Waals surface area contributed by atoms with Gasteiger partial charge >= 0.3 is 5.97 Å². The summed E-state index contributed by atoms with van der Waals surface area (Å²) >= 11 is 0. The maximum Gasteiger partial charge on any atom is 0.339 e. The largest absolute Gasteiger partial charge is 0.452 e. The van der Waals surface area contributed by atoms with Crippen LogP contribution in [-0.2, 0) is 22.4 Å². The molecule has 5 nitrogen and oxygen atoms in total. The number of amides is 1. The number of ether oxygens (including phenoxy) is 1. The first kappa shape index (κ1) is 19.9. The molecule has 1 aromatic heterocycles. The molecule has 0 N–H and O–H groups in total. The first-order valence-electron chi connectivity index (χ1n) is 10.9. The van der Waals surface area contributed by atoms with E-state index in [9.17, 15) is 9.59 Å². The number of piperidine rings is 1. The van der Waals surface area contributed by atoms with E-state index in [1.165, 1.54) is 0 Å². The summed E-state index contributed by atoms with van der Waals surface area (Å²) in [5.41, 5.74) is 3.46. The molecule has 0 spiro atoms. The third-order valence-electron chi connectivity index (χ3n) is 6.43. The Morgan fingerprint density at radius 2 is 1.76 bits per heavy atom. The third kappa shape index (κ3) is 4.00. The van der Waals surface area contributed by atoms with Gasteiger partial charge in [-0.15, -0.1) is 0 Å². The molecule has 154 valence electrons. The van der Waals surface area contributed by atoms with Crippen LogP contribution >= 0.6 is 0 Å². The monoisotopic (exact) mass is 394 g/mol. The second-order valence-corrected chi connectivity index (χ2v) is 8.50. The Labute approximate surface area is 172 Å². The predicted octanol–water partition coefficient (Wildman–Crippen LogP) is 4.45. The Morgan fingerprint density at radius 3 is 2.55 bits per heavy atom. The molecular formula is C24H30N2O3. The molecule has 1 amide bonds. The smallest absolute Gasteiger partial charge is 0.339 e. The fourth-order valence-electron chi connectivity index (χ4n) is 4.97. The van der Waals surface area contributed by atoms with E-state index in [1.807, 2.05) is 29.2 Å². The van der Waals surface area contributed by atoms with Crippen LogP contribution in [0, 0.1) is 0 Å². The molecule has 0 unspecified atom stereocenters. The molecule has 4 rings (SSSR count). The van der Waals surface area contributed by atoms with Gasteiger partial charge in [-0.2, -0.15) is 0 Å². The first-order chi connectivity index (χ1) is 14.1. The SMILES string of the molecule is C[C@@H]1CCC[C@@H](C)N1C(=O)COC(=O)c1c2c(nc3ccccc13)CCCCC2. The topological polar surface area (TPSA) is 59.5 Å². The molecule has 2 aromatic rings. The van der Waals surface area contributed by atoms with E-state index in [4.69, 9.17) is 9.72 Å². The minimum absolute atomic E-state index is 0.0949. The lowest BCUT2D eigenvalue weighted by atomic mass is 9.97. The zero-order chi connectivity index (χ0) is 20.4. The number of aromatic nitrogens is 1. The number of benzene rings is 1. The van der Waals surface area contributed by atoms with Crippen molar-refractivity contribution < 1.29 is 14.3 Å². The molecule has 2 heterocycles. The summed E-state index contributed by atoms with van der Waals surface area (Å²) in [5, 5.41) is 0.824. The zero-order valence-corrected chi connectivity index (χ0v) is 17.4. The standard InChI is InChI=1S/C24H30N2O3/c1-16-9-8-10-17(2)26(16)22(27)15-29-24(28)23-18-11-4-3-5-13-20(18)25-21-14-7-6-12-19(21)23/h6-7,12,14,16-17H,3-5,8-11,13,15H2,1-2H3/t16-,17-/m1/s1. The molecule has 2 atom stereocenters. The van der Waals surface area contributed by atoms with Crippen LogP contribution in [0.2, 0.25) is 0 Å². The Hall–Kier alpha value is -2.43. The lowest BCUT2D eigenvalue weighted by Crippen LogP contribution is -2.49. The molecular weight excluding hydrogens is 364 g/mol. The minimum atomic E-state index is -0.396. The van der Waals surface area contributed by atoms with Gasteiger partial charge < -0.3 is 9.64 Å². The van der Waals surface area contributed by atoms with E-state index < -0.39 is 5.97 Å². The van der Waals surface area contributed by atoms with Gasteiger partial charge in [0.05, 0.1) is 11.1 Å². The molecule has 1 aromatic carbocycles. The number of hydrogen-bond donors (Lipinski definition) is 0. The van der Waals surface area contributed by atoms with Gasteiger partial charge in [0.2, 0.25) is 0 Å². The fourth-order valence-corrected chi connectivity index (χ4v) is 4.97. The van der Waals surface area contributed by atoms with Crippen LogP contribution in [-0.4, -0.2) is 40.5 Å². The van der Waals surface area contributed by atoms with Gasteiger partial charge in [0.25, 0.3) is 5.91 Å². The van der Waals surface area contributed by atoms with Gasteiger partial charge in [-0.1, -0.05) is 24.6 Å². The molecule has 0 bridgehead atoms. The zero-order valence-electron chi connectivity index (χ0n) is 17.4. The summed E-state index contributed by atoms with van der Waals surface area (Å²) in [6.45, 7) is 3.95. The Morgan fingerprint density at radius 1 is 1.03 bits per heavy atom. The quantitative estimate of drug-likeness (QED) is 0.570. The maximum atomic E-state index is 13.2. The molecule has 1 aliphatic carbocycles. The van der Waals surface area contributed by atoms with Gasteiger partial charge in [-0.3, -0.25) is 9.78 Å². The Bertz CT molecular complexity index is 914. The van der Waals surface area contributed by atoms with Crippen LogP contribution in [0.3, 0.4) is 0 Å². The van der Waals surface area contributed by atoms with Crippen molar-refractivity contribution >= 4 is 22.8 Å². The van der Waals surface area contributed by atoms with Gasteiger partial charge in [0.1, 0.15) is 0 Å². The van der Waals surface area contributed by atoms with Crippen molar-refractivity contribution in [2.24, 2.45) is 0 Å². The normalized spacial score (nSPS) is 22.1. The summed E-state index contributed by atoms with van der Waals surface area (Å²) < 4.78 is 5.60. The molecule has 29 heavy (non-hydrogen) atoms. The number of aryl methyl sites for hydroxylation is 1. The lowest BCUT2D eigenvalue weighted by Gasteiger charge is -2.38. The van der Waals surface area contributed by atoms with Crippen molar-refractivity contribution in [3.05, 3.63) is 41.1 Å². The molecule has 0 radical (unpaired) electrons. The predicted molar refractivity (Wildman–Crippen MR) is 113 cm³/mol. The van der Waals surface area contributed by atoms with Crippen molar-refractivity contribution in [3.8, 4) is 0 Å². The average Bonchev–Trinajstić information content (AvgIpc) is 2.95. The number of para-hydroxylation sites is 1. The number of pyridine rings is 1. The number of hydrogen-bond acceptors (Lipinski definition) is 4. The number of rotatable bonds is 3. The van der Waals surface area contributed by atoms with Crippen molar-refractivity contribution in [3.63, 3.8) is 0 Å². The highest BCUT2D eigenvalue weighted by atomic mass is 16.5. The number of esters is 1. The van der Waals surface area contributed by atoms with Crippen LogP contribution in [0.1, 0.15) is 74.0 Å². The maximum absolute atomic E-state index is 13.2. The van der Waals surface area contributed by atoms with Crippen molar-refractivity contribution in [2.45, 2.75) is 77.3 Å². The number of fused-ring (bicyclic) bond motifs is 2. The third-order valence-corrected chi connectivity index (χ3v) is 6.43. The van der Waals surface area contributed by atoms with E-state index in [-0.39, 0.29) is 24.6 Å². The van der Waals surface area contributed by atoms with Gasteiger partial charge in [0.15, 0.2) is 6.61 Å². The first-order valence-corrected chi connectivity index (χ1v) is 10.9.